The molecule has 1 aromatic carbocycles. The van der Waals surface area contributed by atoms with Gasteiger partial charge in [0.1, 0.15) is 5.67 Å². The highest BCUT2D eigenvalue weighted by Crippen LogP contribution is 2.43. The van der Waals surface area contributed by atoms with Gasteiger partial charge in [-0.15, -0.1) is 0 Å². The Hall–Kier alpha value is -1.29. The molecule has 4 heteroatoms. The molecule has 0 saturated carbocycles. The highest BCUT2D eigenvalue weighted by molar-refractivity contribution is 5.53. The summed E-state index contributed by atoms with van der Waals surface area (Å²) in [6, 6.07) is 3.59. The largest absolute Gasteiger partial charge is 0.454 e. The molecule has 100 valence electrons. The summed E-state index contributed by atoms with van der Waals surface area (Å²) in [4.78, 5) is 0. The van der Waals surface area contributed by atoms with Crippen LogP contribution in [0.25, 0.3) is 0 Å². The van der Waals surface area contributed by atoms with Crippen molar-refractivity contribution in [1.82, 2.24) is 0 Å². The number of fused-ring (bicyclic) bond motifs is 1. The molecule has 1 aliphatic rings. The van der Waals surface area contributed by atoms with Gasteiger partial charge in [-0.05, 0) is 50.4 Å². The summed E-state index contributed by atoms with van der Waals surface area (Å²) >= 11 is 0. The first kappa shape index (κ1) is 13.1. The molecule has 0 bridgehead atoms. The molecular formula is C14H20FNO2. The van der Waals surface area contributed by atoms with Gasteiger partial charge in [-0.1, -0.05) is 6.92 Å². The van der Waals surface area contributed by atoms with Crippen molar-refractivity contribution in [2.75, 3.05) is 13.3 Å². The molecule has 0 aromatic heterocycles. The van der Waals surface area contributed by atoms with Crippen LogP contribution in [-0.2, 0) is 5.67 Å². The maximum atomic E-state index is 14.1. The average molecular weight is 253 g/mol. The predicted octanol–water partition coefficient (Wildman–Crippen LogP) is 3.07. The summed E-state index contributed by atoms with van der Waals surface area (Å²) in [5, 5.41) is 0. The summed E-state index contributed by atoms with van der Waals surface area (Å²) in [5.74, 6) is 1.61. The van der Waals surface area contributed by atoms with Crippen molar-refractivity contribution in [2.24, 2.45) is 5.73 Å². The minimum Gasteiger partial charge on any atom is -0.454 e. The van der Waals surface area contributed by atoms with Gasteiger partial charge in [0.15, 0.2) is 11.5 Å². The lowest BCUT2D eigenvalue weighted by Crippen LogP contribution is -2.11. The van der Waals surface area contributed by atoms with Gasteiger partial charge in [-0.2, -0.15) is 0 Å². The van der Waals surface area contributed by atoms with Crippen molar-refractivity contribution in [3.05, 3.63) is 23.3 Å². The Balaban J connectivity index is 2.47. The molecule has 2 N–H and O–H groups in total. The second-order valence-corrected chi connectivity index (χ2v) is 5.25. The molecule has 1 aliphatic heterocycles. The van der Waals surface area contributed by atoms with E-state index in [2.05, 4.69) is 6.92 Å². The maximum Gasteiger partial charge on any atom is 0.231 e. The number of benzene rings is 1. The molecular weight excluding hydrogens is 233 g/mol. The number of nitrogens with two attached hydrogens (primary N) is 1. The van der Waals surface area contributed by atoms with Crippen molar-refractivity contribution in [2.45, 2.75) is 38.8 Å². The van der Waals surface area contributed by atoms with Gasteiger partial charge in [-0.25, -0.2) is 4.39 Å². The lowest BCUT2D eigenvalue weighted by atomic mass is 9.90. The summed E-state index contributed by atoms with van der Waals surface area (Å²) in [6.07, 6.45) is 0.839. The fourth-order valence-electron chi connectivity index (χ4n) is 2.15. The molecule has 0 saturated heterocycles. The third-order valence-corrected chi connectivity index (χ3v) is 3.32. The van der Waals surface area contributed by atoms with Crippen LogP contribution in [0.3, 0.4) is 0 Å². The molecule has 1 aromatic rings. The van der Waals surface area contributed by atoms with E-state index in [1.165, 1.54) is 0 Å². The predicted molar refractivity (Wildman–Crippen MR) is 68.8 cm³/mol. The normalized spacial score (nSPS) is 15.8. The number of halogens is 1. The fourth-order valence-corrected chi connectivity index (χ4v) is 2.15. The minimum atomic E-state index is -1.39. The van der Waals surface area contributed by atoms with E-state index < -0.39 is 5.67 Å². The first-order valence-electron chi connectivity index (χ1n) is 6.26. The van der Waals surface area contributed by atoms with E-state index in [9.17, 15) is 4.39 Å². The summed E-state index contributed by atoms with van der Waals surface area (Å²) in [7, 11) is 0. The quantitative estimate of drug-likeness (QED) is 0.896. The van der Waals surface area contributed by atoms with E-state index in [4.69, 9.17) is 15.2 Å². The zero-order valence-corrected chi connectivity index (χ0v) is 11.1. The van der Waals surface area contributed by atoms with E-state index >= 15 is 0 Å². The molecule has 2 rings (SSSR count). The van der Waals surface area contributed by atoms with E-state index in [1.807, 2.05) is 6.07 Å². The molecule has 1 heterocycles. The van der Waals surface area contributed by atoms with Gasteiger partial charge < -0.3 is 15.2 Å². The third kappa shape index (κ3) is 2.43. The number of ether oxygens (including phenoxy) is 2. The molecule has 0 aliphatic carbocycles. The van der Waals surface area contributed by atoms with E-state index in [0.29, 0.717) is 17.9 Å². The Morgan fingerprint density at radius 3 is 2.72 bits per heavy atom. The number of hydrogen-bond donors (Lipinski definition) is 1. The smallest absolute Gasteiger partial charge is 0.231 e. The van der Waals surface area contributed by atoms with Crippen LogP contribution in [-0.4, -0.2) is 13.3 Å². The minimum absolute atomic E-state index is 0.202. The zero-order valence-electron chi connectivity index (χ0n) is 11.1. The van der Waals surface area contributed by atoms with E-state index in [-0.39, 0.29) is 12.7 Å². The van der Waals surface area contributed by atoms with Gasteiger partial charge in [0.25, 0.3) is 0 Å². The van der Waals surface area contributed by atoms with Crippen LogP contribution in [0, 0.1) is 0 Å². The number of rotatable bonds is 4. The van der Waals surface area contributed by atoms with Crippen molar-refractivity contribution in [1.29, 1.82) is 0 Å². The highest BCUT2D eigenvalue weighted by atomic mass is 19.1. The molecule has 0 spiro atoms. The Labute approximate surface area is 107 Å². The SMILES string of the molecule is CC(CCN)c1cc(C(C)(C)F)cc2c1OCO2. The van der Waals surface area contributed by atoms with Gasteiger partial charge >= 0.3 is 0 Å². The number of hydrogen-bond acceptors (Lipinski definition) is 3. The lowest BCUT2D eigenvalue weighted by molar-refractivity contribution is 0.172. The Morgan fingerprint density at radius 1 is 1.39 bits per heavy atom. The van der Waals surface area contributed by atoms with Crippen LogP contribution in [0.5, 0.6) is 11.5 Å². The van der Waals surface area contributed by atoms with Crippen molar-refractivity contribution >= 4 is 0 Å². The molecule has 3 nitrogen and oxygen atoms in total. The molecule has 0 fully saturated rings. The summed E-state index contributed by atoms with van der Waals surface area (Å²) in [5.41, 5.74) is 5.80. The monoisotopic (exact) mass is 253 g/mol. The maximum absolute atomic E-state index is 14.1. The first-order valence-corrected chi connectivity index (χ1v) is 6.26. The standard InChI is InChI=1S/C14H20FNO2/c1-9(4-5-16)11-6-10(14(2,3)15)7-12-13(11)18-8-17-12/h6-7,9H,4-5,8,16H2,1-3H3. The number of alkyl halides is 1. The molecule has 1 atom stereocenters. The van der Waals surface area contributed by atoms with Crippen LogP contribution >= 0.6 is 0 Å². The Morgan fingerprint density at radius 2 is 2.11 bits per heavy atom. The second kappa shape index (κ2) is 4.76. The van der Waals surface area contributed by atoms with Crippen LogP contribution in [0.15, 0.2) is 12.1 Å². The van der Waals surface area contributed by atoms with Gasteiger partial charge in [-0.3, -0.25) is 0 Å². The molecule has 1 unspecified atom stereocenters. The van der Waals surface area contributed by atoms with Crippen molar-refractivity contribution in [3.8, 4) is 11.5 Å². The topological polar surface area (TPSA) is 44.5 Å². The van der Waals surface area contributed by atoms with Gasteiger partial charge in [0.05, 0.1) is 0 Å². The van der Waals surface area contributed by atoms with Crippen LogP contribution in [0.1, 0.15) is 44.2 Å². The van der Waals surface area contributed by atoms with E-state index in [0.717, 1.165) is 17.7 Å². The van der Waals surface area contributed by atoms with Gasteiger partial charge in [0.2, 0.25) is 6.79 Å². The summed E-state index contributed by atoms with van der Waals surface area (Å²) < 4.78 is 25.0. The zero-order chi connectivity index (χ0) is 13.3. The molecule has 0 amide bonds. The Kier molecular flexibility index (Phi) is 3.48. The highest BCUT2D eigenvalue weighted by Gasteiger charge is 2.27. The van der Waals surface area contributed by atoms with Crippen molar-refractivity contribution < 1.29 is 13.9 Å². The fraction of sp³-hybridized carbons (Fsp3) is 0.571. The Bertz CT molecular complexity index is 440. The first-order chi connectivity index (χ1) is 8.43. The van der Waals surface area contributed by atoms with Gasteiger partial charge in [0, 0.05) is 5.56 Å². The van der Waals surface area contributed by atoms with Crippen molar-refractivity contribution in [3.63, 3.8) is 0 Å². The third-order valence-electron chi connectivity index (χ3n) is 3.32. The molecule has 0 radical (unpaired) electrons. The van der Waals surface area contributed by atoms with E-state index in [1.54, 1.807) is 19.9 Å². The lowest BCUT2D eigenvalue weighted by Gasteiger charge is -2.20. The average Bonchev–Trinajstić information content (AvgIpc) is 2.74. The summed E-state index contributed by atoms with van der Waals surface area (Å²) in [6.45, 7) is 5.96. The second-order valence-electron chi connectivity index (χ2n) is 5.25. The van der Waals surface area contributed by atoms with Crippen LogP contribution in [0.4, 0.5) is 4.39 Å². The van der Waals surface area contributed by atoms with Crippen LogP contribution < -0.4 is 15.2 Å². The molecule has 18 heavy (non-hydrogen) atoms. The van der Waals surface area contributed by atoms with Crippen LogP contribution in [0.2, 0.25) is 0 Å².